The van der Waals surface area contributed by atoms with Crippen molar-refractivity contribution in [3.63, 3.8) is 0 Å². The molecule has 0 fully saturated rings. The number of rotatable bonds is 7. The van der Waals surface area contributed by atoms with Crippen molar-refractivity contribution in [1.29, 1.82) is 0 Å². The molecule has 10 heteroatoms. The van der Waals surface area contributed by atoms with Crippen LogP contribution in [0.1, 0.15) is 34.6 Å². The zero-order valence-corrected chi connectivity index (χ0v) is 17.2. The molecule has 0 aliphatic carbocycles. The summed E-state index contributed by atoms with van der Waals surface area (Å²) in [6.45, 7) is 2.57. The van der Waals surface area contributed by atoms with Crippen molar-refractivity contribution in [2.45, 2.75) is 24.8 Å². The number of Topliss-reactive ketones (excluding diaryl/α,β-unsaturated/α-hetero) is 1. The number of carbonyl (C=O) groups is 2. The van der Waals surface area contributed by atoms with Crippen LogP contribution in [0.4, 0.5) is 8.78 Å². The molecular weight excluding hydrogens is 460 g/mol. The molecule has 0 spiro atoms. The van der Waals surface area contributed by atoms with E-state index in [9.17, 15) is 26.8 Å². The van der Waals surface area contributed by atoms with Crippen LogP contribution in [0.5, 0.6) is 0 Å². The Balaban J connectivity index is 2.16. The minimum absolute atomic E-state index is 0.107. The number of halogens is 3. The van der Waals surface area contributed by atoms with E-state index in [0.717, 1.165) is 18.2 Å². The molecule has 0 aliphatic heterocycles. The van der Waals surface area contributed by atoms with Gasteiger partial charge in [-0.1, -0.05) is 0 Å². The van der Waals surface area contributed by atoms with E-state index >= 15 is 0 Å². The predicted molar refractivity (Wildman–Crippen MR) is 101 cm³/mol. The molecule has 2 aromatic carbocycles. The van der Waals surface area contributed by atoms with Gasteiger partial charge in [0.25, 0.3) is 0 Å². The molecule has 2 aromatic rings. The molecule has 0 unspecified atom stereocenters. The largest absolute Gasteiger partial charge is 0.454 e. The topological polar surface area (TPSA) is 89.5 Å². The zero-order valence-electron chi connectivity index (χ0n) is 14.8. The highest BCUT2D eigenvalue weighted by molar-refractivity contribution is 9.10. The molecule has 0 amide bonds. The number of sulfonamides is 1. The summed E-state index contributed by atoms with van der Waals surface area (Å²) in [6.07, 6.45) is 0. The van der Waals surface area contributed by atoms with Crippen molar-refractivity contribution in [3.05, 3.63) is 63.6 Å². The van der Waals surface area contributed by atoms with Gasteiger partial charge in [-0.3, -0.25) is 4.79 Å². The molecule has 0 saturated heterocycles. The zero-order chi connectivity index (χ0) is 21.1. The number of benzene rings is 2. The summed E-state index contributed by atoms with van der Waals surface area (Å²) >= 11 is 3.13. The Morgan fingerprint density at radius 1 is 1.11 bits per heavy atom. The molecule has 0 saturated carbocycles. The van der Waals surface area contributed by atoms with E-state index in [1.165, 1.54) is 12.1 Å². The fourth-order valence-corrected chi connectivity index (χ4v) is 3.85. The Hall–Kier alpha value is -2.17. The van der Waals surface area contributed by atoms with Gasteiger partial charge in [-0.05, 0) is 66.2 Å². The quantitative estimate of drug-likeness (QED) is 0.489. The summed E-state index contributed by atoms with van der Waals surface area (Å²) in [5, 5.41) is 0. The third-order valence-electron chi connectivity index (χ3n) is 3.43. The molecule has 0 heterocycles. The van der Waals surface area contributed by atoms with Gasteiger partial charge in [0.1, 0.15) is 0 Å². The smallest absolute Gasteiger partial charge is 0.339 e. The standard InChI is InChI=1S/C18H16BrF2NO5S/c1-10(2)22-28(25,26)12-4-5-14(19)13(8-12)18(24)27-9-17(23)11-3-6-15(20)16(21)7-11/h3-8,10,22H,9H2,1-2H3. The van der Waals surface area contributed by atoms with E-state index in [0.29, 0.717) is 6.07 Å². The summed E-state index contributed by atoms with van der Waals surface area (Å²) in [5.74, 6) is -4.00. The lowest BCUT2D eigenvalue weighted by molar-refractivity contribution is 0.0473. The highest BCUT2D eigenvalue weighted by Gasteiger charge is 2.21. The van der Waals surface area contributed by atoms with Crippen molar-refractivity contribution in [3.8, 4) is 0 Å². The van der Waals surface area contributed by atoms with Crippen LogP contribution in [-0.2, 0) is 14.8 Å². The molecule has 1 N–H and O–H groups in total. The Labute approximate surface area is 169 Å². The van der Waals surface area contributed by atoms with E-state index < -0.39 is 40.0 Å². The molecular formula is C18H16BrF2NO5S. The van der Waals surface area contributed by atoms with Crippen LogP contribution in [0.15, 0.2) is 45.8 Å². The van der Waals surface area contributed by atoms with Crippen LogP contribution < -0.4 is 4.72 Å². The van der Waals surface area contributed by atoms with Crippen LogP contribution in [0.2, 0.25) is 0 Å². The minimum atomic E-state index is -3.84. The minimum Gasteiger partial charge on any atom is -0.454 e. The van der Waals surface area contributed by atoms with Crippen LogP contribution in [0.25, 0.3) is 0 Å². The Morgan fingerprint density at radius 3 is 2.39 bits per heavy atom. The number of hydrogen-bond acceptors (Lipinski definition) is 5. The number of hydrogen-bond donors (Lipinski definition) is 1. The van der Waals surface area contributed by atoms with Gasteiger partial charge in [0.05, 0.1) is 10.5 Å². The summed E-state index contributed by atoms with van der Waals surface area (Å²) in [6, 6.07) is 5.98. The highest BCUT2D eigenvalue weighted by atomic mass is 79.9. The van der Waals surface area contributed by atoms with Gasteiger partial charge < -0.3 is 4.74 Å². The number of esters is 1. The van der Waals surface area contributed by atoms with Crippen LogP contribution >= 0.6 is 15.9 Å². The highest BCUT2D eigenvalue weighted by Crippen LogP contribution is 2.22. The monoisotopic (exact) mass is 475 g/mol. The first-order chi connectivity index (χ1) is 13.0. The molecule has 6 nitrogen and oxygen atoms in total. The first kappa shape index (κ1) is 22.1. The first-order valence-corrected chi connectivity index (χ1v) is 10.3. The van der Waals surface area contributed by atoms with E-state index in [1.807, 2.05) is 0 Å². The number of carbonyl (C=O) groups excluding carboxylic acids is 2. The van der Waals surface area contributed by atoms with Crippen molar-refractivity contribution in [2.75, 3.05) is 6.61 Å². The Kier molecular flexibility index (Phi) is 7.02. The molecule has 0 aliphatic rings. The molecule has 28 heavy (non-hydrogen) atoms. The lowest BCUT2D eigenvalue weighted by atomic mass is 10.1. The maximum Gasteiger partial charge on any atom is 0.339 e. The fourth-order valence-electron chi connectivity index (χ4n) is 2.17. The van der Waals surface area contributed by atoms with Gasteiger partial charge in [-0.15, -0.1) is 0 Å². The molecule has 0 radical (unpaired) electrons. The summed E-state index contributed by atoms with van der Waals surface area (Å²) in [5.41, 5.74) is -0.270. The van der Waals surface area contributed by atoms with Crippen molar-refractivity contribution in [1.82, 2.24) is 4.72 Å². The second-order valence-corrected chi connectivity index (χ2v) is 8.61. The van der Waals surface area contributed by atoms with Crippen LogP contribution in [0.3, 0.4) is 0 Å². The van der Waals surface area contributed by atoms with Gasteiger partial charge in [0.2, 0.25) is 10.0 Å². The summed E-state index contributed by atoms with van der Waals surface area (Å²) < 4.78 is 58.1. The second-order valence-electron chi connectivity index (χ2n) is 6.05. The predicted octanol–water partition coefficient (Wildman–Crippen LogP) is 3.45. The lowest BCUT2D eigenvalue weighted by Crippen LogP contribution is -2.30. The lowest BCUT2D eigenvalue weighted by Gasteiger charge is -2.11. The average molecular weight is 476 g/mol. The number of ketones is 1. The average Bonchev–Trinajstić information content (AvgIpc) is 2.60. The van der Waals surface area contributed by atoms with E-state index in [4.69, 9.17) is 4.74 Å². The van der Waals surface area contributed by atoms with Crippen molar-refractivity contribution in [2.24, 2.45) is 0 Å². The molecule has 150 valence electrons. The third kappa shape index (κ3) is 5.43. The van der Waals surface area contributed by atoms with Gasteiger partial charge in [0.15, 0.2) is 24.0 Å². The Morgan fingerprint density at radius 2 is 1.79 bits per heavy atom. The van der Waals surface area contributed by atoms with E-state index in [2.05, 4.69) is 20.7 Å². The third-order valence-corrected chi connectivity index (χ3v) is 5.78. The molecule has 0 atom stereocenters. The van der Waals surface area contributed by atoms with E-state index in [1.54, 1.807) is 13.8 Å². The van der Waals surface area contributed by atoms with Crippen molar-refractivity contribution < 1.29 is 31.5 Å². The number of ether oxygens (including phenoxy) is 1. The van der Waals surface area contributed by atoms with E-state index in [-0.39, 0.29) is 26.5 Å². The van der Waals surface area contributed by atoms with Crippen molar-refractivity contribution >= 4 is 37.7 Å². The van der Waals surface area contributed by atoms with Gasteiger partial charge in [-0.25, -0.2) is 26.7 Å². The SMILES string of the molecule is CC(C)NS(=O)(=O)c1ccc(Br)c(C(=O)OCC(=O)c2ccc(F)c(F)c2)c1. The maximum atomic E-state index is 13.2. The number of nitrogens with one attached hydrogen (secondary N) is 1. The normalized spacial score (nSPS) is 11.5. The maximum absolute atomic E-state index is 13.2. The van der Waals surface area contributed by atoms with Gasteiger partial charge in [-0.2, -0.15) is 0 Å². The van der Waals surface area contributed by atoms with Crippen LogP contribution in [0, 0.1) is 11.6 Å². The van der Waals surface area contributed by atoms with Crippen LogP contribution in [-0.4, -0.2) is 32.8 Å². The summed E-state index contributed by atoms with van der Waals surface area (Å²) in [4.78, 5) is 24.1. The molecule has 0 bridgehead atoms. The van der Waals surface area contributed by atoms with Gasteiger partial charge in [0, 0.05) is 16.1 Å². The second kappa shape index (κ2) is 8.89. The molecule has 2 rings (SSSR count). The van der Waals surface area contributed by atoms with Gasteiger partial charge >= 0.3 is 5.97 Å². The fraction of sp³-hybridized carbons (Fsp3) is 0.222. The summed E-state index contributed by atoms with van der Waals surface area (Å²) in [7, 11) is -3.84. The Bertz CT molecular complexity index is 1020. The first-order valence-electron chi connectivity index (χ1n) is 7.98. The molecule has 0 aromatic heterocycles.